The maximum atomic E-state index is 10.8. The van der Waals surface area contributed by atoms with Crippen LogP contribution in [0.1, 0.15) is 16.5 Å². The van der Waals surface area contributed by atoms with Crippen LogP contribution in [0.15, 0.2) is 17.8 Å². The number of primary amides is 1. The Kier molecular flexibility index (Phi) is 2.92. The number of nitrogens with two attached hydrogens (primary N) is 1. The number of amides is 1. The lowest BCUT2D eigenvalue weighted by atomic mass is 10.1. The molecule has 17 heavy (non-hydrogen) atoms. The first-order chi connectivity index (χ1) is 8.04. The molecule has 3 atom stereocenters. The molecule has 1 aromatic rings. The summed E-state index contributed by atoms with van der Waals surface area (Å²) >= 11 is 0. The number of rotatable bonds is 3. The molecule has 92 valence electrons. The van der Waals surface area contributed by atoms with Crippen LogP contribution in [0.3, 0.4) is 0 Å². The summed E-state index contributed by atoms with van der Waals surface area (Å²) in [5, 5.41) is 35.4. The molecule has 0 aromatic carbocycles. The summed E-state index contributed by atoms with van der Waals surface area (Å²) in [6.07, 6.45) is 0.472. The number of carbonyl (C=O) groups excluding carboxylic acids is 1. The van der Waals surface area contributed by atoms with Crippen LogP contribution in [0.4, 0.5) is 0 Å². The Morgan fingerprint density at radius 2 is 2.24 bits per heavy atom. The average molecular weight is 240 g/mol. The van der Waals surface area contributed by atoms with E-state index in [-0.39, 0.29) is 12.3 Å². The van der Waals surface area contributed by atoms with Gasteiger partial charge in [0.15, 0.2) is 5.69 Å². The third-order valence-electron chi connectivity index (χ3n) is 2.69. The van der Waals surface area contributed by atoms with Gasteiger partial charge in [-0.25, -0.2) is 4.68 Å². The van der Waals surface area contributed by atoms with E-state index < -0.39 is 24.2 Å². The molecule has 2 rings (SSSR count). The van der Waals surface area contributed by atoms with Crippen molar-refractivity contribution in [1.29, 1.82) is 0 Å². The van der Waals surface area contributed by atoms with Crippen molar-refractivity contribution >= 4 is 5.91 Å². The lowest BCUT2D eigenvalue weighted by Gasteiger charge is -2.16. The van der Waals surface area contributed by atoms with E-state index in [1.807, 2.05) is 0 Å². The van der Waals surface area contributed by atoms with E-state index in [0.29, 0.717) is 5.57 Å². The number of hydrogen-bond acceptors (Lipinski definition) is 6. The maximum Gasteiger partial charge on any atom is 0.270 e. The monoisotopic (exact) mass is 240 g/mol. The fraction of sp³-hybridized carbons (Fsp3) is 0.444. The normalized spacial score (nSPS) is 28.2. The van der Waals surface area contributed by atoms with Gasteiger partial charge in [0.25, 0.3) is 5.91 Å². The van der Waals surface area contributed by atoms with E-state index in [0.717, 1.165) is 0 Å². The van der Waals surface area contributed by atoms with Crippen LogP contribution in [0.25, 0.3) is 0 Å². The predicted molar refractivity (Wildman–Crippen MR) is 54.8 cm³/mol. The zero-order valence-corrected chi connectivity index (χ0v) is 8.76. The van der Waals surface area contributed by atoms with Crippen molar-refractivity contribution < 1.29 is 20.1 Å². The number of aliphatic hydroxyl groups excluding tert-OH is 3. The summed E-state index contributed by atoms with van der Waals surface area (Å²) in [6.45, 7) is -0.355. The molecule has 0 saturated heterocycles. The van der Waals surface area contributed by atoms with Crippen molar-refractivity contribution in [3.05, 3.63) is 23.5 Å². The maximum absolute atomic E-state index is 10.8. The van der Waals surface area contributed by atoms with Gasteiger partial charge in [0.05, 0.1) is 12.8 Å². The van der Waals surface area contributed by atoms with Gasteiger partial charge in [0.2, 0.25) is 0 Å². The molecule has 1 aliphatic rings. The second kappa shape index (κ2) is 4.24. The Bertz CT molecular complexity index is 469. The van der Waals surface area contributed by atoms with Gasteiger partial charge in [0, 0.05) is 0 Å². The zero-order chi connectivity index (χ0) is 12.6. The fourth-order valence-electron chi connectivity index (χ4n) is 1.74. The van der Waals surface area contributed by atoms with Gasteiger partial charge < -0.3 is 21.1 Å². The summed E-state index contributed by atoms with van der Waals surface area (Å²) in [6, 6.07) is -0.673. The molecule has 1 aromatic heterocycles. The molecular formula is C9H12N4O4. The van der Waals surface area contributed by atoms with Gasteiger partial charge in [-0.1, -0.05) is 11.3 Å². The van der Waals surface area contributed by atoms with Gasteiger partial charge >= 0.3 is 0 Å². The molecule has 1 amide bonds. The number of aromatic nitrogens is 3. The molecule has 0 saturated carbocycles. The minimum Gasteiger partial charge on any atom is -0.392 e. The smallest absolute Gasteiger partial charge is 0.270 e. The molecular weight excluding hydrogens is 228 g/mol. The Labute approximate surface area is 96.0 Å². The van der Waals surface area contributed by atoms with Crippen molar-refractivity contribution in [3.63, 3.8) is 0 Å². The number of hydrogen-bond donors (Lipinski definition) is 4. The second-order valence-corrected chi connectivity index (χ2v) is 3.77. The molecule has 0 bridgehead atoms. The van der Waals surface area contributed by atoms with Gasteiger partial charge in [0.1, 0.15) is 18.2 Å². The first kappa shape index (κ1) is 11.7. The standard InChI is InChI=1S/C9H12N4O4/c10-9(17)5-2-13(12-11-5)6-1-4(3-14)7(15)8(6)16/h1-2,6-8,14-16H,3H2,(H2,10,17)/t6-,7-,8+/m1/s1. The van der Waals surface area contributed by atoms with E-state index in [4.69, 9.17) is 10.8 Å². The van der Waals surface area contributed by atoms with Crippen LogP contribution in [-0.4, -0.2) is 55.0 Å². The fourth-order valence-corrected chi connectivity index (χ4v) is 1.74. The molecule has 0 aliphatic heterocycles. The van der Waals surface area contributed by atoms with Gasteiger partial charge in [-0.05, 0) is 5.57 Å². The number of aliphatic hydroxyl groups is 3. The molecule has 5 N–H and O–H groups in total. The predicted octanol–water partition coefficient (Wildman–Crippen LogP) is -2.43. The Morgan fingerprint density at radius 3 is 2.71 bits per heavy atom. The van der Waals surface area contributed by atoms with E-state index >= 15 is 0 Å². The van der Waals surface area contributed by atoms with E-state index in [9.17, 15) is 15.0 Å². The molecule has 0 unspecified atom stereocenters. The van der Waals surface area contributed by atoms with Crippen LogP contribution in [0, 0.1) is 0 Å². The van der Waals surface area contributed by atoms with Crippen LogP contribution in [0.5, 0.6) is 0 Å². The average Bonchev–Trinajstić information content (AvgIpc) is 2.87. The van der Waals surface area contributed by atoms with Gasteiger partial charge in [-0.15, -0.1) is 5.10 Å². The third-order valence-corrected chi connectivity index (χ3v) is 2.69. The molecule has 8 heteroatoms. The van der Waals surface area contributed by atoms with Crippen molar-refractivity contribution in [3.8, 4) is 0 Å². The third kappa shape index (κ3) is 1.93. The van der Waals surface area contributed by atoms with Crippen molar-refractivity contribution in [2.24, 2.45) is 5.73 Å². The summed E-state index contributed by atoms with van der Waals surface area (Å²) < 4.78 is 1.22. The lowest BCUT2D eigenvalue weighted by Crippen LogP contribution is -2.30. The van der Waals surface area contributed by atoms with Gasteiger partial charge in [-0.3, -0.25) is 4.79 Å². The highest BCUT2D eigenvalue weighted by molar-refractivity contribution is 5.90. The lowest BCUT2D eigenvalue weighted by molar-refractivity contribution is 0.0253. The summed E-state index contributed by atoms with van der Waals surface area (Å²) in [7, 11) is 0. The largest absolute Gasteiger partial charge is 0.392 e. The molecule has 0 spiro atoms. The first-order valence-corrected chi connectivity index (χ1v) is 4.94. The van der Waals surface area contributed by atoms with Crippen LogP contribution in [0.2, 0.25) is 0 Å². The van der Waals surface area contributed by atoms with E-state index in [1.54, 1.807) is 0 Å². The number of nitrogens with zero attached hydrogens (tertiary/aromatic N) is 3. The minimum absolute atomic E-state index is 0.0301. The van der Waals surface area contributed by atoms with Gasteiger partial charge in [-0.2, -0.15) is 0 Å². The SMILES string of the molecule is NC(=O)c1cn([C@@H]2C=C(CO)[C@@H](O)[C@H]2O)nn1. The molecule has 1 aliphatic carbocycles. The molecule has 0 fully saturated rings. The Hall–Kier alpha value is -1.77. The zero-order valence-electron chi connectivity index (χ0n) is 8.76. The van der Waals surface area contributed by atoms with Crippen LogP contribution < -0.4 is 5.73 Å². The number of carbonyl (C=O) groups is 1. The molecule has 0 radical (unpaired) electrons. The molecule has 8 nitrogen and oxygen atoms in total. The van der Waals surface area contributed by atoms with E-state index in [2.05, 4.69) is 10.3 Å². The first-order valence-electron chi connectivity index (χ1n) is 4.94. The second-order valence-electron chi connectivity index (χ2n) is 3.77. The molecule has 1 heterocycles. The Balaban J connectivity index is 2.28. The highest BCUT2D eigenvalue weighted by Gasteiger charge is 2.36. The quantitative estimate of drug-likeness (QED) is 0.434. The Morgan fingerprint density at radius 1 is 1.53 bits per heavy atom. The van der Waals surface area contributed by atoms with Crippen LogP contribution in [-0.2, 0) is 0 Å². The summed E-state index contributed by atoms with van der Waals surface area (Å²) in [5.41, 5.74) is 5.29. The van der Waals surface area contributed by atoms with E-state index in [1.165, 1.54) is 17.0 Å². The van der Waals surface area contributed by atoms with Crippen molar-refractivity contribution in [2.75, 3.05) is 6.61 Å². The highest BCUT2D eigenvalue weighted by Crippen LogP contribution is 2.28. The highest BCUT2D eigenvalue weighted by atomic mass is 16.3. The summed E-state index contributed by atoms with van der Waals surface area (Å²) in [4.78, 5) is 10.8. The minimum atomic E-state index is -1.15. The topological polar surface area (TPSA) is 134 Å². The van der Waals surface area contributed by atoms with Crippen LogP contribution >= 0.6 is 0 Å². The van der Waals surface area contributed by atoms with Crippen molar-refractivity contribution in [1.82, 2.24) is 15.0 Å². The van der Waals surface area contributed by atoms with Crippen molar-refractivity contribution in [2.45, 2.75) is 18.2 Å². The summed E-state index contributed by atoms with van der Waals surface area (Å²) in [5.74, 6) is -0.726.